The summed E-state index contributed by atoms with van der Waals surface area (Å²) < 4.78 is 0. The van der Waals surface area contributed by atoms with Crippen molar-refractivity contribution in [1.29, 1.82) is 0 Å². The molecule has 0 aliphatic carbocycles. The van der Waals surface area contributed by atoms with E-state index >= 15 is 0 Å². The number of amides is 1. The van der Waals surface area contributed by atoms with Gasteiger partial charge >= 0.3 is 0 Å². The van der Waals surface area contributed by atoms with Gasteiger partial charge in [0.15, 0.2) is 0 Å². The number of pyridine rings is 1. The van der Waals surface area contributed by atoms with Crippen molar-refractivity contribution in [3.8, 4) is 0 Å². The maximum Gasteiger partial charge on any atom is 0.228 e. The number of carbonyl (C=O) groups excluding carboxylic acids is 1. The zero-order valence-electron chi connectivity index (χ0n) is 19.0. The van der Waals surface area contributed by atoms with Gasteiger partial charge in [-0.15, -0.1) is 0 Å². The van der Waals surface area contributed by atoms with Gasteiger partial charge in [-0.25, -0.2) is 9.97 Å². The second-order valence-corrected chi connectivity index (χ2v) is 8.98. The molecule has 6 heteroatoms. The van der Waals surface area contributed by atoms with E-state index in [2.05, 4.69) is 48.0 Å². The van der Waals surface area contributed by atoms with E-state index in [0.29, 0.717) is 6.42 Å². The molecule has 6 nitrogen and oxygen atoms in total. The molecule has 0 saturated carbocycles. The van der Waals surface area contributed by atoms with E-state index in [1.807, 2.05) is 17.2 Å². The van der Waals surface area contributed by atoms with Crippen LogP contribution in [-0.2, 0) is 17.8 Å². The fourth-order valence-corrected chi connectivity index (χ4v) is 5.20. The van der Waals surface area contributed by atoms with Crippen LogP contribution in [-0.4, -0.2) is 38.8 Å². The van der Waals surface area contributed by atoms with Gasteiger partial charge in [-0.05, 0) is 56.8 Å². The summed E-state index contributed by atoms with van der Waals surface area (Å²) in [4.78, 5) is 31.6. The minimum absolute atomic E-state index is 0.167. The lowest BCUT2D eigenvalue weighted by Crippen LogP contribution is -2.39. The number of hydrogen-bond donors (Lipinski definition) is 0. The number of carbonyl (C=O) groups is 1. The topological polar surface area (TPSA) is 62.2 Å². The van der Waals surface area contributed by atoms with Crippen LogP contribution in [0.5, 0.6) is 0 Å². The molecule has 2 aliphatic heterocycles. The highest BCUT2D eigenvalue weighted by atomic mass is 16.2. The number of piperidine rings is 1. The first-order valence-electron chi connectivity index (χ1n) is 11.9. The third-order valence-corrected chi connectivity index (χ3v) is 6.82. The van der Waals surface area contributed by atoms with Crippen molar-refractivity contribution >= 4 is 22.6 Å². The molecule has 1 saturated heterocycles. The summed E-state index contributed by atoms with van der Waals surface area (Å²) >= 11 is 0. The van der Waals surface area contributed by atoms with Crippen LogP contribution in [0.15, 0.2) is 36.5 Å². The fourth-order valence-electron chi connectivity index (χ4n) is 5.20. The summed E-state index contributed by atoms with van der Waals surface area (Å²) in [5.74, 6) is 1.91. The molecule has 5 rings (SSSR count). The summed E-state index contributed by atoms with van der Waals surface area (Å²) in [5, 5.41) is 1.21. The highest BCUT2D eigenvalue weighted by Gasteiger charge is 2.32. The van der Waals surface area contributed by atoms with Crippen LogP contribution >= 0.6 is 0 Å². The summed E-state index contributed by atoms with van der Waals surface area (Å²) in [6, 6.07) is 10.7. The van der Waals surface area contributed by atoms with Gasteiger partial charge in [0.05, 0.1) is 11.6 Å². The predicted molar refractivity (Wildman–Crippen MR) is 126 cm³/mol. The number of hydrogen-bond acceptors (Lipinski definition) is 5. The minimum atomic E-state index is 0.167. The molecule has 32 heavy (non-hydrogen) atoms. The van der Waals surface area contributed by atoms with Crippen molar-refractivity contribution in [2.24, 2.45) is 0 Å². The van der Waals surface area contributed by atoms with Crippen molar-refractivity contribution in [3.05, 3.63) is 59.2 Å². The number of rotatable bonds is 5. The second-order valence-electron chi connectivity index (χ2n) is 8.98. The Labute approximate surface area is 189 Å². The maximum atomic E-state index is 12.6. The standard InChI is InChI=1S/C26H31N5O/c1-3-15-31-24(32)13-12-20-18(2)28-25(29-26(20)31)23-11-4-5-16-30(23)17-19-8-6-10-22-21(19)9-7-14-27-22/h6-10,14,23H,3-5,11-13,15-17H2,1-2H3. The van der Waals surface area contributed by atoms with Crippen molar-refractivity contribution < 1.29 is 4.79 Å². The van der Waals surface area contributed by atoms with Gasteiger partial charge in [-0.1, -0.05) is 31.5 Å². The number of aromatic nitrogens is 3. The van der Waals surface area contributed by atoms with Crippen LogP contribution < -0.4 is 4.90 Å². The van der Waals surface area contributed by atoms with Crippen LogP contribution in [0.3, 0.4) is 0 Å². The van der Waals surface area contributed by atoms with Gasteiger partial charge < -0.3 is 0 Å². The third kappa shape index (κ3) is 3.88. The van der Waals surface area contributed by atoms with Gasteiger partial charge in [0.25, 0.3) is 0 Å². The Bertz CT molecular complexity index is 1140. The Balaban J connectivity index is 1.50. The predicted octanol–water partition coefficient (Wildman–Crippen LogP) is 4.75. The fraction of sp³-hybridized carbons (Fsp3) is 0.462. The SMILES string of the molecule is CCCN1C(=O)CCc2c(C)nc(C3CCCCN3Cc3cccc4ncccc34)nc21. The molecular formula is C26H31N5O. The second kappa shape index (κ2) is 8.94. The molecule has 0 spiro atoms. The third-order valence-electron chi connectivity index (χ3n) is 6.82. The minimum Gasteiger partial charge on any atom is -0.296 e. The molecule has 1 amide bonds. The monoisotopic (exact) mass is 429 g/mol. The zero-order valence-corrected chi connectivity index (χ0v) is 19.0. The zero-order chi connectivity index (χ0) is 22.1. The highest BCUT2D eigenvalue weighted by Crippen LogP contribution is 2.35. The summed E-state index contributed by atoms with van der Waals surface area (Å²) in [7, 11) is 0. The number of fused-ring (bicyclic) bond motifs is 2. The van der Waals surface area contributed by atoms with Crippen molar-refractivity contribution in [3.63, 3.8) is 0 Å². The number of nitrogens with zero attached hydrogens (tertiary/aromatic N) is 5. The largest absolute Gasteiger partial charge is 0.296 e. The molecule has 1 atom stereocenters. The molecule has 0 N–H and O–H groups in total. The number of likely N-dealkylation sites (tertiary alicyclic amines) is 1. The average Bonchev–Trinajstić information content (AvgIpc) is 2.81. The van der Waals surface area contributed by atoms with Crippen LogP contribution in [0.25, 0.3) is 10.9 Å². The molecule has 2 aliphatic rings. The van der Waals surface area contributed by atoms with E-state index < -0.39 is 0 Å². The van der Waals surface area contributed by atoms with Crippen LogP contribution in [0.1, 0.15) is 67.7 Å². The maximum absolute atomic E-state index is 12.6. The molecule has 0 bridgehead atoms. The number of aryl methyl sites for hydroxylation is 1. The van der Waals surface area contributed by atoms with E-state index in [0.717, 1.165) is 67.3 Å². The molecule has 1 aromatic carbocycles. The molecule has 0 radical (unpaired) electrons. The lowest BCUT2D eigenvalue weighted by atomic mass is 9.98. The van der Waals surface area contributed by atoms with Gasteiger partial charge in [-0.2, -0.15) is 0 Å². The molecule has 166 valence electrons. The smallest absolute Gasteiger partial charge is 0.228 e. The van der Waals surface area contributed by atoms with Crippen molar-refractivity contribution in [2.75, 3.05) is 18.0 Å². The van der Waals surface area contributed by atoms with Gasteiger partial charge in [0, 0.05) is 42.4 Å². The van der Waals surface area contributed by atoms with Crippen molar-refractivity contribution in [2.45, 2.75) is 65.0 Å². The van der Waals surface area contributed by atoms with Gasteiger partial charge in [-0.3, -0.25) is 19.6 Å². The lowest BCUT2D eigenvalue weighted by molar-refractivity contribution is -0.119. The summed E-state index contributed by atoms with van der Waals surface area (Å²) in [6.07, 6.45) is 7.48. The Morgan fingerprint density at radius 1 is 1.09 bits per heavy atom. The summed E-state index contributed by atoms with van der Waals surface area (Å²) in [5.41, 5.74) is 4.50. The van der Waals surface area contributed by atoms with Crippen LogP contribution in [0.4, 0.5) is 5.82 Å². The molecule has 1 fully saturated rings. The quantitative estimate of drug-likeness (QED) is 0.586. The molecule has 3 aromatic rings. The first-order valence-corrected chi connectivity index (χ1v) is 11.9. The van der Waals surface area contributed by atoms with Crippen LogP contribution in [0, 0.1) is 6.92 Å². The average molecular weight is 430 g/mol. The molecular weight excluding hydrogens is 398 g/mol. The lowest BCUT2D eigenvalue weighted by Gasteiger charge is -2.36. The van der Waals surface area contributed by atoms with Crippen LogP contribution in [0.2, 0.25) is 0 Å². The van der Waals surface area contributed by atoms with E-state index in [9.17, 15) is 4.79 Å². The Morgan fingerprint density at radius 2 is 2.00 bits per heavy atom. The number of benzene rings is 1. The molecule has 2 aromatic heterocycles. The molecule has 4 heterocycles. The normalized spacial score (nSPS) is 19.4. The van der Waals surface area contributed by atoms with E-state index in [1.165, 1.54) is 23.8 Å². The highest BCUT2D eigenvalue weighted by molar-refractivity contribution is 5.95. The first-order chi connectivity index (χ1) is 15.7. The van der Waals surface area contributed by atoms with E-state index in [-0.39, 0.29) is 11.9 Å². The Hall–Kier alpha value is -2.86. The summed E-state index contributed by atoms with van der Waals surface area (Å²) in [6.45, 7) is 6.79. The van der Waals surface area contributed by atoms with Gasteiger partial charge in [0.1, 0.15) is 11.6 Å². The Kier molecular flexibility index (Phi) is 5.87. The van der Waals surface area contributed by atoms with E-state index in [1.54, 1.807) is 0 Å². The molecule has 1 unspecified atom stereocenters. The van der Waals surface area contributed by atoms with E-state index in [4.69, 9.17) is 9.97 Å². The number of anilines is 1. The Morgan fingerprint density at radius 3 is 2.88 bits per heavy atom. The first kappa shape index (κ1) is 21.0. The van der Waals surface area contributed by atoms with Gasteiger partial charge in [0.2, 0.25) is 5.91 Å². The van der Waals surface area contributed by atoms with Crippen molar-refractivity contribution in [1.82, 2.24) is 19.9 Å².